The summed E-state index contributed by atoms with van der Waals surface area (Å²) in [4.78, 5) is 12.3. The van der Waals surface area contributed by atoms with Gasteiger partial charge in [0, 0.05) is 30.2 Å². The molecule has 1 aliphatic rings. The summed E-state index contributed by atoms with van der Waals surface area (Å²) >= 11 is 3.03. The molecule has 1 N–H and O–H groups in total. The molecule has 0 unspecified atom stereocenters. The fourth-order valence-electron chi connectivity index (χ4n) is 3.28. The molecule has 3 aromatic rings. The third kappa shape index (κ3) is 4.97. The van der Waals surface area contributed by atoms with Crippen LogP contribution < -0.4 is 5.32 Å². The number of hydrogen-bond acceptors (Lipinski definition) is 3. The van der Waals surface area contributed by atoms with Crippen molar-refractivity contribution in [3.63, 3.8) is 0 Å². The van der Waals surface area contributed by atoms with E-state index in [2.05, 4.69) is 31.4 Å². The summed E-state index contributed by atoms with van der Waals surface area (Å²) in [6.45, 7) is 0.219. The first kappa shape index (κ1) is 21.5. The average Bonchev–Trinajstić information content (AvgIpc) is 3.34. The van der Waals surface area contributed by atoms with E-state index < -0.39 is 17.8 Å². The third-order valence-corrected chi connectivity index (χ3v) is 5.69. The topological polar surface area (TPSA) is 64.7 Å². The summed E-state index contributed by atoms with van der Waals surface area (Å²) in [6.07, 6.45) is -1.43. The number of hydrogen-bond donors (Lipinski definition) is 1. The van der Waals surface area contributed by atoms with Crippen molar-refractivity contribution in [2.24, 2.45) is 0 Å². The quantitative estimate of drug-likeness (QED) is 0.467. The number of anilines is 1. The first-order chi connectivity index (χ1) is 14.7. The van der Waals surface area contributed by atoms with Crippen LogP contribution in [0, 0.1) is 5.82 Å². The van der Waals surface area contributed by atoms with Crippen LogP contribution in [0.4, 0.5) is 23.4 Å². The van der Waals surface area contributed by atoms with Gasteiger partial charge in [-0.25, -0.2) is 4.39 Å². The Bertz CT molecular complexity index is 1100. The number of nitrogens with zero attached hydrogens (tertiary/aromatic N) is 4. The number of aryl methyl sites for hydroxylation is 1. The Labute approximate surface area is 183 Å². The molecule has 0 saturated heterocycles. The maximum absolute atomic E-state index is 13.8. The molecule has 1 aliphatic carbocycles. The summed E-state index contributed by atoms with van der Waals surface area (Å²) in [5, 5.41) is 10.5. The van der Waals surface area contributed by atoms with E-state index in [1.54, 1.807) is 30.5 Å². The number of rotatable bonds is 7. The van der Waals surface area contributed by atoms with E-state index in [9.17, 15) is 22.4 Å². The number of halogens is 5. The van der Waals surface area contributed by atoms with Crippen LogP contribution in [-0.4, -0.2) is 25.5 Å². The highest BCUT2D eigenvalue weighted by molar-refractivity contribution is 9.10. The van der Waals surface area contributed by atoms with E-state index in [1.807, 2.05) is 0 Å². The monoisotopic (exact) mass is 499 g/mol. The van der Waals surface area contributed by atoms with Crippen molar-refractivity contribution < 1.29 is 22.4 Å². The second kappa shape index (κ2) is 8.45. The predicted octanol–water partition coefficient (Wildman–Crippen LogP) is 4.95. The summed E-state index contributed by atoms with van der Waals surface area (Å²) < 4.78 is 56.0. The Morgan fingerprint density at radius 1 is 1.19 bits per heavy atom. The highest BCUT2D eigenvalue weighted by atomic mass is 79.9. The number of nitrogens with one attached hydrogen (secondary N) is 1. The van der Waals surface area contributed by atoms with Gasteiger partial charge in [-0.1, -0.05) is 18.2 Å². The molecule has 164 valence electrons. The highest BCUT2D eigenvalue weighted by Gasteiger charge is 2.41. The van der Waals surface area contributed by atoms with Gasteiger partial charge < -0.3 is 5.32 Å². The van der Waals surface area contributed by atoms with E-state index in [-0.39, 0.29) is 41.5 Å². The van der Waals surface area contributed by atoms with Gasteiger partial charge >= 0.3 is 6.18 Å². The van der Waals surface area contributed by atoms with Gasteiger partial charge in [-0.3, -0.25) is 14.2 Å². The van der Waals surface area contributed by atoms with Crippen LogP contribution in [0.15, 0.2) is 41.0 Å². The molecule has 31 heavy (non-hydrogen) atoms. The molecule has 2 heterocycles. The molecule has 0 radical (unpaired) electrons. The summed E-state index contributed by atoms with van der Waals surface area (Å²) in [7, 11) is 0. The lowest BCUT2D eigenvalue weighted by Crippen LogP contribution is -2.17. The van der Waals surface area contributed by atoms with Crippen LogP contribution in [0.2, 0.25) is 0 Å². The average molecular weight is 500 g/mol. The molecule has 0 spiro atoms. The number of alkyl halides is 3. The van der Waals surface area contributed by atoms with E-state index in [0.717, 1.165) is 12.8 Å². The molecular formula is C20H18BrF4N5O. The van der Waals surface area contributed by atoms with Crippen molar-refractivity contribution in [2.45, 2.75) is 44.4 Å². The van der Waals surface area contributed by atoms with Gasteiger partial charge in [0.2, 0.25) is 5.91 Å². The second-order valence-electron chi connectivity index (χ2n) is 7.33. The Morgan fingerprint density at radius 2 is 1.94 bits per heavy atom. The second-order valence-corrected chi connectivity index (χ2v) is 8.12. The van der Waals surface area contributed by atoms with Crippen LogP contribution in [-0.2, 0) is 24.1 Å². The fraction of sp³-hybridized carbons (Fsp3) is 0.350. The Kier molecular flexibility index (Phi) is 5.87. The lowest BCUT2D eigenvalue weighted by molar-refractivity contribution is -0.142. The Hall–Kier alpha value is -2.69. The maximum Gasteiger partial charge on any atom is 0.436 e. The van der Waals surface area contributed by atoms with Gasteiger partial charge in [0.15, 0.2) is 11.5 Å². The van der Waals surface area contributed by atoms with Crippen LogP contribution in [0.5, 0.6) is 0 Å². The van der Waals surface area contributed by atoms with Crippen LogP contribution in [0.3, 0.4) is 0 Å². The molecule has 0 bridgehead atoms. The van der Waals surface area contributed by atoms with Crippen LogP contribution in [0.25, 0.3) is 0 Å². The molecule has 1 saturated carbocycles. The number of benzene rings is 1. The minimum absolute atomic E-state index is 0.0162. The smallest absolute Gasteiger partial charge is 0.309 e. The Balaban J connectivity index is 1.38. The third-order valence-electron chi connectivity index (χ3n) is 4.91. The van der Waals surface area contributed by atoms with E-state index in [1.165, 1.54) is 15.4 Å². The molecule has 1 aromatic carbocycles. The summed E-state index contributed by atoms with van der Waals surface area (Å²) in [5.41, 5.74) is -0.0307. The fourth-order valence-corrected chi connectivity index (χ4v) is 4.11. The van der Waals surface area contributed by atoms with Gasteiger partial charge in [-0.15, -0.1) is 0 Å². The standard InChI is InChI=1S/C20H18BrF4N5O/c21-17-18(12-5-6-12)30(28-19(17)20(23,24)25)10-8-16(31)26-15-7-9-29(27-15)11-13-3-1-2-4-14(13)22/h1-4,7,9,12H,5-6,8,10-11H2,(H,26,27,31). The number of aromatic nitrogens is 4. The zero-order valence-corrected chi connectivity index (χ0v) is 17.7. The van der Waals surface area contributed by atoms with Crippen LogP contribution in [0.1, 0.15) is 42.1 Å². The lowest BCUT2D eigenvalue weighted by Gasteiger charge is -2.07. The van der Waals surface area contributed by atoms with Gasteiger partial charge in [0.25, 0.3) is 0 Å². The predicted molar refractivity (Wildman–Crippen MR) is 108 cm³/mol. The zero-order chi connectivity index (χ0) is 22.2. The van der Waals surface area contributed by atoms with Crippen molar-refractivity contribution in [1.29, 1.82) is 0 Å². The number of amides is 1. The normalized spacial score (nSPS) is 14.1. The van der Waals surface area contributed by atoms with Crippen molar-refractivity contribution in [3.8, 4) is 0 Å². The summed E-state index contributed by atoms with van der Waals surface area (Å²) in [6, 6.07) is 7.89. The zero-order valence-electron chi connectivity index (χ0n) is 16.2. The maximum atomic E-state index is 13.8. The minimum atomic E-state index is -4.57. The molecule has 0 aliphatic heterocycles. The van der Waals surface area contributed by atoms with Gasteiger partial charge in [-0.05, 0) is 34.8 Å². The SMILES string of the molecule is O=C(CCn1nc(C(F)(F)F)c(Br)c1C1CC1)Nc1ccn(Cc2ccccc2F)n1. The number of carbonyl (C=O) groups excluding carboxylic acids is 1. The van der Waals surface area contributed by atoms with Crippen molar-refractivity contribution in [2.75, 3.05) is 5.32 Å². The molecule has 2 aromatic heterocycles. The van der Waals surface area contributed by atoms with E-state index in [4.69, 9.17) is 0 Å². The molecule has 6 nitrogen and oxygen atoms in total. The van der Waals surface area contributed by atoms with Gasteiger partial charge in [-0.2, -0.15) is 23.4 Å². The summed E-state index contributed by atoms with van der Waals surface area (Å²) in [5.74, 6) is -0.451. The molecule has 1 fully saturated rings. The highest BCUT2D eigenvalue weighted by Crippen LogP contribution is 2.47. The first-order valence-electron chi connectivity index (χ1n) is 9.62. The van der Waals surface area contributed by atoms with E-state index in [0.29, 0.717) is 11.3 Å². The van der Waals surface area contributed by atoms with Gasteiger partial charge in [0.05, 0.1) is 23.3 Å². The van der Waals surface area contributed by atoms with Crippen LogP contribution >= 0.6 is 15.9 Å². The molecule has 11 heteroatoms. The molecule has 1 amide bonds. The Morgan fingerprint density at radius 3 is 2.61 bits per heavy atom. The number of carbonyl (C=O) groups is 1. The molecular weight excluding hydrogens is 482 g/mol. The molecule has 4 rings (SSSR count). The van der Waals surface area contributed by atoms with Crippen molar-refractivity contribution >= 4 is 27.7 Å². The minimum Gasteiger partial charge on any atom is -0.309 e. The largest absolute Gasteiger partial charge is 0.436 e. The van der Waals surface area contributed by atoms with Crippen molar-refractivity contribution in [3.05, 3.63) is 63.8 Å². The lowest BCUT2D eigenvalue weighted by atomic mass is 10.2. The first-order valence-corrected chi connectivity index (χ1v) is 10.4. The van der Waals surface area contributed by atoms with Gasteiger partial charge in [0.1, 0.15) is 5.82 Å². The van der Waals surface area contributed by atoms with Crippen molar-refractivity contribution in [1.82, 2.24) is 19.6 Å². The molecule has 0 atom stereocenters. The van der Waals surface area contributed by atoms with E-state index >= 15 is 0 Å².